The molecule has 0 aromatic carbocycles. The van der Waals surface area contributed by atoms with Crippen molar-refractivity contribution in [1.82, 2.24) is 0 Å². The van der Waals surface area contributed by atoms with E-state index in [1.807, 2.05) is 0 Å². The normalized spacial score (nSPS) is 18.3. The van der Waals surface area contributed by atoms with E-state index < -0.39 is 0 Å². The summed E-state index contributed by atoms with van der Waals surface area (Å²) in [4.78, 5) is 0. The minimum Gasteiger partial charge on any atom is -0.269 e. The van der Waals surface area contributed by atoms with Crippen molar-refractivity contribution in [2.45, 2.75) is 34.6 Å². The third-order valence-corrected chi connectivity index (χ3v) is 6.66. The summed E-state index contributed by atoms with van der Waals surface area (Å²) in [5, 5.41) is 0. The molecule has 0 unspecified atom stereocenters. The van der Waals surface area contributed by atoms with Gasteiger partial charge in [-0.05, 0) is 0 Å². The number of halogens is 3. The Balaban J connectivity index is -0.000000403. The summed E-state index contributed by atoms with van der Waals surface area (Å²) in [7, 11) is 0. The zero-order valence-electron chi connectivity index (χ0n) is 9.22. The van der Waals surface area contributed by atoms with Crippen molar-refractivity contribution in [2.24, 2.45) is 5.41 Å². The SMILES string of the molecule is CC1=C(C)C(C)(C)[C]([Hf])=C1C.F.F.F. The standard InChI is InChI=1S/C10H15.3FH.Hf/c1-7-6-10(4,5)9(3)8(7)2;;;;/h1-5H3;3*1H;. The maximum absolute atomic E-state index is 2.34. The van der Waals surface area contributed by atoms with Crippen molar-refractivity contribution in [3.8, 4) is 0 Å². The molecule has 1 aliphatic rings. The van der Waals surface area contributed by atoms with Crippen molar-refractivity contribution in [3.05, 3.63) is 20.0 Å². The maximum Gasteiger partial charge on any atom is -0.269 e. The average molecular weight is 374 g/mol. The fourth-order valence-corrected chi connectivity index (χ4v) is 2.94. The quantitative estimate of drug-likeness (QED) is 0.569. The molecule has 0 nitrogen and oxygen atoms in total. The first-order chi connectivity index (χ1) is 4.89. The van der Waals surface area contributed by atoms with E-state index in [4.69, 9.17) is 0 Å². The number of hydrogen-bond acceptors (Lipinski definition) is 0. The molecule has 0 spiro atoms. The predicted molar refractivity (Wildman–Crippen MR) is 52.4 cm³/mol. The van der Waals surface area contributed by atoms with Gasteiger partial charge in [0.1, 0.15) is 0 Å². The Morgan fingerprint density at radius 3 is 1.29 bits per heavy atom. The van der Waals surface area contributed by atoms with Crippen LogP contribution in [0.1, 0.15) is 34.6 Å². The third-order valence-electron chi connectivity index (χ3n) is 3.06. The van der Waals surface area contributed by atoms with Gasteiger partial charge in [-0.2, -0.15) is 0 Å². The van der Waals surface area contributed by atoms with E-state index in [1.165, 1.54) is 29.9 Å². The minimum atomic E-state index is 0. The molecule has 1 aliphatic carbocycles. The molecule has 0 radical (unpaired) electrons. The van der Waals surface area contributed by atoms with E-state index in [2.05, 4.69) is 34.6 Å². The molecular weight excluding hydrogens is 356 g/mol. The van der Waals surface area contributed by atoms with Gasteiger partial charge in [0.2, 0.25) is 0 Å². The average Bonchev–Trinajstić information content (AvgIpc) is 2.06. The summed E-state index contributed by atoms with van der Waals surface area (Å²) in [6.07, 6.45) is 0. The van der Waals surface area contributed by atoms with Crippen molar-refractivity contribution < 1.29 is 38.5 Å². The molecule has 4 heteroatoms. The molecule has 1 rings (SSSR count). The number of allylic oxidation sites excluding steroid dienone is 4. The van der Waals surface area contributed by atoms with Crippen molar-refractivity contribution in [2.75, 3.05) is 0 Å². The molecule has 83 valence electrons. The second-order valence-corrected chi connectivity index (χ2v) is 5.67. The van der Waals surface area contributed by atoms with Crippen LogP contribution in [-0.2, 0) is 24.4 Å². The van der Waals surface area contributed by atoms with Crippen LogP contribution in [0.5, 0.6) is 0 Å². The summed E-state index contributed by atoms with van der Waals surface area (Å²) in [6.45, 7) is 11.5. The van der Waals surface area contributed by atoms with Crippen LogP contribution < -0.4 is 0 Å². The van der Waals surface area contributed by atoms with Crippen LogP contribution in [0.2, 0.25) is 0 Å². The third kappa shape index (κ3) is 2.59. The summed E-state index contributed by atoms with van der Waals surface area (Å²) in [5.41, 5.74) is 5.03. The smallest absolute Gasteiger partial charge is 0.269 e. The fraction of sp³-hybridized carbons (Fsp3) is 0.600. The monoisotopic (exact) mass is 375 g/mol. The Kier molecular flexibility index (Phi) is 8.27. The second-order valence-electron chi connectivity index (χ2n) is 3.88. The van der Waals surface area contributed by atoms with Crippen LogP contribution in [-0.4, -0.2) is 0 Å². The van der Waals surface area contributed by atoms with Gasteiger partial charge in [-0.25, -0.2) is 0 Å². The molecule has 0 N–H and O–H groups in total. The summed E-state index contributed by atoms with van der Waals surface area (Å²) >= 11 is 1.21. The molecule has 0 aromatic heterocycles. The molecule has 0 fully saturated rings. The first kappa shape index (κ1) is 19.7. The van der Waals surface area contributed by atoms with Crippen molar-refractivity contribution >= 4 is 0 Å². The Morgan fingerprint density at radius 1 is 0.857 bits per heavy atom. The molecule has 14 heavy (non-hydrogen) atoms. The zero-order chi connectivity index (χ0) is 8.81. The van der Waals surface area contributed by atoms with Gasteiger partial charge in [0.25, 0.3) is 0 Å². The fourth-order valence-electron chi connectivity index (χ4n) is 1.59. The molecule has 0 bridgehead atoms. The van der Waals surface area contributed by atoms with Gasteiger partial charge >= 0.3 is 84.5 Å². The number of hydrogen-bond donors (Lipinski definition) is 0. The summed E-state index contributed by atoms with van der Waals surface area (Å²) < 4.78 is 1.67. The zero-order valence-corrected chi connectivity index (χ0v) is 12.8. The molecular formula is C10H18F3Hf. The Labute approximate surface area is 98.5 Å². The Morgan fingerprint density at radius 2 is 1.21 bits per heavy atom. The topological polar surface area (TPSA) is 0 Å². The van der Waals surface area contributed by atoms with Gasteiger partial charge in [-0.15, -0.1) is 0 Å². The van der Waals surface area contributed by atoms with Gasteiger partial charge in [0.05, 0.1) is 0 Å². The summed E-state index contributed by atoms with van der Waals surface area (Å²) in [5.74, 6) is 0. The van der Waals surface area contributed by atoms with E-state index >= 15 is 0 Å². The van der Waals surface area contributed by atoms with Gasteiger partial charge in [0, 0.05) is 0 Å². The molecule has 0 saturated carbocycles. The summed E-state index contributed by atoms with van der Waals surface area (Å²) in [6, 6.07) is 0. The Hall–Kier alpha value is 0.140. The number of rotatable bonds is 0. The largest absolute Gasteiger partial charge is 0.269 e. The van der Waals surface area contributed by atoms with Crippen LogP contribution in [0.25, 0.3) is 0 Å². The molecule has 0 amide bonds. The molecule has 0 aromatic rings. The van der Waals surface area contributed by atoms with E-state index in [0.717, 1.165) is 0 Å². The minimum absolute atomic E-state index is 0. The first-order valence-electron chi connectivity index (χ1n) is 4.00. The van der Waals surface area contributed by atoms with Gasteiger partial charge < -0.3 is 0 Å². The molecule has 0 aliphatic heterocycles. The van der Waals surface area contributed by atoms with Gasteiger partial charge in [-0.1, -0.05) is 0 Å². The van der Waals surface area contributed by atoms with E-state index in [9.17, 15) is 0 Å². The van der Waals surface area contributed by atoms with Crippen LogP contribution in [0.4, 0.5) is 14.1 Å². The van der Waals surface area contributed by atoms with Crippen LogP contribution in [0, 0.1) is 5.41 Å². The Bertz CT molecular complexity index is 239. The first-order valence-corrected chi connectivity index (χ1v) is 5.80. The van der Waals surface area contributed by atoms with Crippen LogP contribution in [0.15, 0.2) is 20.0 Å². The molecule has 0 saturated heterocycles. The maximum atomic E-state index is 2.34. The van der Waals surface area contributed by atoms with Crippen LogP contribution in [0.3, 0.4) is 0 Å². The van der Waals surface area contributed by atoms with Gasteiger partial charge in [-0.3, -0.25) is 14.1 Å². The van der Waals surface area contributed by atoms with E-state index in [-0.39, 0.29) is 14.1 Å². The molecule has 0 heterocycles. The van der Waals surface area contributed by atoms with Crippen molar-refractivity contribution in [1.29, 1.82) is 0 Å². The predicted octanol–water partition coefficient (Wildman–Crippen LogP) is 3.64. The van der Waals surface area contributed by atoms with Gasteiger partial charge in [0.15, 0.2) is 0 Å². The molecule has 0 atom stereocenters. The second kappa shape index (κ2) is 5.89. The van der Waals surface area contributed by atoms with E-state index in [0.29, 0.717) is 5.41 Å². The van der Waals surface area contributed by atoms with Crippen LogP contribution >= 0.6 is 0 Å². The van der Waals surface area contributed by atoms with E-state index in [1.54, 1.807) is 14.5 Å². The van der Waals surface area contributed by atoms with Crippen molar-refractivity contribution in [3.63, 3.8) is 0 Å².